The fourth-order valence-electron chi connectivity index (χ4n) is 8.38. The fraction of sp³-hybridized carbons (Fsp3) is 0. The van der Waals surface area contributed by atoms with Crippen molar-refractivity contribution >= 4 is 65.7 Å². The van der Waals surface area contributed by atoms with Crippen molar-refractivity contribution in [2.45, 2.75) is 0 Å². The van der Waals surface area contributed by atoms with Crippen LogP contribution in [0.2, 0.25) is 0 Å². The van der Waals surface area contributed by atoms with Crippen LogP contribution in [-0.4, -0.2) is 19.5 Å². The molecule has 6 heteroatoms. The van der Waals surface area contributed by atoms with Gasteiger partial charge in [-0.25, -0.2) is 15.0 Å². The van der Waals surface area contributed by atoms with Gasteiger partial charge < -0.3 is 13.4 Å². The zero-order valence-corrected chi connectivity index (χ0v) is 30.4. The van der Waals surface area contributed by atoms with Gasteiger partial charge in [0.05, 0.1) is 16.6 Å². The number of hydrogen-bond acceptors (Lipinski definition) is 5. The number of benzene rings is 8. The van der Waals surface area contributed by atoms with Gasteiger partial charge in [-0.2, -0.15) is 0 Å². The number of furan rings is 2. The molecule has 0 aliphatic rings. The molecule has 0 atom stereocenters. The van der Waals surface area contributed by atoms with Crippen molar-refractivity contribution in [2.75, 3.05) is 0 Å². The van der Waals surface area contributed by atoms with Crippen LogP contribution in [0.3, 0.4) is 0 Å². The minimum absolute atomic E-state index is 0.526. The Morgan fingerprint density at radius 1 is 0.333 bits per heavy atom. The molecule has 12 rings (SSSR count). The Hall–Kier alpha value is -7.83. The van der Waals surface area contributed by atoms with Gasteiger partial charge in [0.2, 0.25) is 0 Å². The van der Waals surface area contributed by atoms with Crippen molar-refractivity contribution in [2.24, 2.45) is 0 Å². The van der Waals surface area contributed by atoms with Crippen molar-refractivity contribution in [1.29, 1.82) is 0 Å². The molecule has 57 heavy (non-hydrogen) atoms. The maximum Gasteiger partial charge on any atom is 0.167 e. The largest absolute Gasteiger partial charge is 0.456 e. The van der Waals surface area contributed by atoms with Crippen molar-refractivity contribution in [3.05, 3.63) is 182 Å². The normalized spacial score (nSPS) is 11.9. The van der Waals surface area contributed by atoms with E-state index in [9.17, 15) is 0 Å². The summed E-state index contributed by atoms with van der Waals surface area (Å²) in [5, 5.41) is 6.45. The molecule has 6 nitrogen and oxygen atoms in total. The van der Waals surface area contributed by atoms with Gasteiger partial charge in [0, 0.05) is 49.1 Å². The Bertz CT molecular complexity index is 3530. The summed E-state index contributed by atoms with van der Waals surface area (Å²) in [5.41, 5.74) is 11.3. The van der Waals surface area contributed by atoms with Gasteiger partial charge in [0.1, 0.15) is 22.3 Å². The highest BCUT2D eigenvalue weighted by Crippen LogP contribution is 2.41. The Labute approximate surface area is 325 Å². The molecule has 0 N–H and O–H groups in total. The lowest BCUT2D eigenvalue weighted by molar-refractivity contribution is 0.668. The van der Waals surface area contributed by atoms with Crippen LogP contribution in [0.5, 0.6) is 0 Å². The third-order valence-corrected chi connectivity index (χ3v) is 11.0. The number of nitrogens with zero attached hydrogens (tertiary/aromatic N) is 4. The zero-order chi connectivity index (χ0) is 37.5. The molecule has 0 saturated carbocycles. The molecular weight excluding hydrogens is 701 g/mol. The molecule has 0 aliphatic carbocycles. The predicted octanol–water partition coefficient (Wildman–Crippen LogP) is 13.4. The maximum absolute atomic E-state index is 6.84. The minimum Gasteiger partial charge on any atom is -0.456 e. The summed E-state index contributed by atoms with van der Waals surface area (Å²) in [6.07, 6.45) is 0. The lowest BCUT2D eigenvalue weighted by Gasteiger charge is -2.10. The van der Waals surface area contributed by atoms with Crippen molar-refractivity contribution < 1.29 is 8.83 Å². The second-order valence-electron chi connectivity index (χ2n) is 14.4. The highest BCUT2D eigenvalue weighted by molar-refractivity contribution is 6.18. The third kappa shape index (κ3) is 5.01. The van der Waals surface area contributed by atoms with Gasteiger partial charge in [0.25, 0.3) is 0 Å². The van der Waals surface area contributed by atoms with Crippen molar-refractivity contribution in [3.63, 3.8) is 0 Å². The molecule has 0 aliphatic heterocycles. The van der Waals surface area contributed by atoms with Gasteiger partial charge in [-0.05, 0) is 71.8 Å². The van der Waals surface area contributed by atoms with Crippen molar-refractivity contribution in [1.82, 2.24) is 19.5 Å². The number of aromatic nitrogens is 4. The van der Waals surface area contributed by atoms with E-state index in [1.165, 1.54) is 5.39 Å². The van der Waals surface area contributed by atoms with E-state index in [0.29, 0.717) is 17.5 Å². The summed E-state index contributed by atoms with van der Waals surface area (Å²) >= 11 is 0. The average molecular weight is 731 g/mol. The Morgan fingerprint density at radius 3 is 1.82 bits per heavy atom. The van der Waals surface area contributed by atoms with E-state index >= 15 is 0 Å². The van der Waals surface area contributed by atoms with E-state index in [1.54, 1.807) is 0 Å². The summed E-state index contributed by atoms with van der Waals surface area (Å²) in [5.74, 6) is 1.64. The van der Waals surface area contributed by atoms with Gasteiger partial charge in [-0.15, -0.1) is 0 Å². The molecule has 0 spiro atoms. The quantitative estimate of drug-likeness (QED) is 0.176. The topological polar surface area (TPSA) is 69.9 Å². The standard InChI is InChI=1S/C51H30N4O2/c1-3-13-31(14-4-1)32-15-11-16-33(27-32)49-52-50(34-25-26-38-37-20-8-10-24-45(37)56-46(38)28-34)54-51(53-49)40-22-12-21-39-42-29-44-41(30-47(42)57-48(39)40)36-19-7-9-23-43(36)55(44)35-17-5-2-6-18-35/h1-30H. The second kappa shape index (κ2) is 12.3. The highest BCUT2D eigenvalue weighted by atomic mass is 16.3. The molecule has 0 unspecified atom stereocenters. The third-order valence-electron chi connectivity index (χ3n) is 11.0. The van der Waals surface area contributed by atoms with E-state index in [2.05, 4.69) is 150 Å². The molecule has 8 aromatic carbocycles. The first kappa shape index (κ1) is 31.5. The fourth-order valence-corrected chi connectivity index (χ4v) is 8.38. The van der Waals surface area contributed by atoms with Gasteiger partial charge in [-0.3, -0.25) is 0 Å². The molecule has 0 radical (unpaired) electrons. The van der Waals surface area contributed by atoms with E-state index in [0.717, 1.165) is 93.8 Å². The first-order valence-corrected chi connectivity index (χ1v) is 19.0. The summed E-state index contributed by atoms with van der Waals surface area (Å²) in [6.45, 7) is 0. The zero-order valence-electron chi connectivity index (χ0n) is 30.4. The van der Waals surface area contributed by atoms with Crippen LogP contribution in [-0.2, 0) is 0 Å². The predicted molar refractivity (Wildman–Crippen MR) is 230 cm³/mol. The molecular formula is C51H30N4O2. The van der Waals surface area contributed by atoms with Gasteiger partial charge >= 0.3 is 0 Å². The molecule has 266 valence electrons. The minimum atomic E-state index is 0.526. The molecule has 0 amide bonds. The highest BCUT2D eigenvalue weighted by Gasteiger charge is 2.21. The molecule has 0 fully saturated rings. The van der Waals surface area contributed by atoms with E-state index in [4.69, 9.17) is 23.8 Å². The van der Waals surface area contributed by atoms with Crippen LogP contribution in [0.25, 0.3) is 117 Å². The molecule has 12 aromatic rings. The lowest BCUT2D eigenvalue weighted by atomic mass is 10.0. The summed E-state index contributed by atoms with van der Waals surface area (Å²) < 4.78 is 15.5. The van der Waals surface area contributed by atoms with Gasteiger partial charge in [-0.1, -0.05) is 121 Å². The average Bonchev–Trinajstić information content (AvgIpc) is 3.95. The second-order valence-corrected chi connectivity index (χ2v) is 14.4. The monoisotopic (exact) mass is 730 g/mol. The molecule has 4 aromatic heterocycles. The van der Waals surface area contributed by atoms with Crippen LogP contribution in [0.1, 0.15) is 0 Å². The van der Waals surface area contributed by atoms with Crippen LogP contribution in [0, 0.1) is 0 Å². The van der Waals surface area contributed by atoms with Crippen LogP contribution in [0.4, 0.5) is 0 Å². The Morgan fingerprint density at radius 2 is 0.965 bits per heavy atom. The lowest BCUT2D eigenvalue weighted by Crippen LogP contribution is -2.00. The SMILES string of the molecule is c1ccc(-c2cccc(-c3nc(-c4ccc5c(c4)oc4ccccc45)nc(-c4cccc5c4oc4cc6c7ccccc7n(-c7ccccc7)c6cc45)n3)c2)cc1. The van der Waals surface area contributed by atoms with Crippen molar-refractivity contribution in [3.8, 4) is 51.0 Å². The number of para-hydroxylation sites is 4. The summed E-state index contributed by atoms with van der Waals surface area (Å²) in [7, 11) is 0. The summed E-state index contributed by atoms with van der Waals surface area (Å²) in [4.78, 5) is 15.5. The first-order valence-electron chi connectivity index (χ1n) is 19.0. The van der Waals surface area contributed by atoms with E-state index < -0.39 is 0 Å². The summed E-state index contributed by atoms with van der Waals surface area (Å²) in [6, 6.07) is 62.7. The van der Waals surface area contributed by atoms with E-state index in [-0.39, 0.29) is 0 Å². The molecule has 4 heterocycles. The van der Waals surface area contributed by atoms with Gasteiger partial charge in [0.15, 0.2) is 17.5 Å². The maximum atomic E-state index is 6.84. The molecule has 0 bridgehead atoms. The number of rotatable bonds is 5. The van der Waals surface area contributed by atoms with Crippen LogP contribution < -0.4 is 0 Å². The first-order chi connectivity index (χ1) is 28.2. The van der Waals surface area contributed by atoms with Crippen LogP contribution in [0.15, 0.2) is 191 Å². The Kier molecular flexibility index (Phi) is 6.83. The Balaban J connectivity index is 1.08. The van der Waals surface area contributed by atoms with Crippen LogP contribution >= 0.6 is 0 Å². The molecule has 0 saturated heterocycles. The van der Waals surface area contributed by atoms with E-state index in [1.807, 2.05) is 36.4 Å². The number of fused-ring (bicyclic) bond motifs is 9. The number of hydrogen-bond donors (Lipinski definition) is 0. The smallest absolute Gasteiger partial charge is 0.167 e.